The number of rotatable bonds is 5. The average Bonchev–Trinajstić information content (AvgIpc) is 2.63. The zero-order valence-electron chi connectivity index (χ0n) is 14.2. The van der Waals surface area contributed by atoms with Crippen LogP contribution in [0.25, 0.3) is 0 Å². The Morgan fingerprint density at radius 2 is 1.92 bits per heavy atom. The lowest BCUT2D eigenvalue weighted by Gasteiger charge is -2.27. The van der Waals surface area contributed by atoms with Gasteiger partial charge in [0.25, 0.3) is 0 Å². The van der Waals surface area contributed by atoms with Crippen LogP contribution < -0.4 is 9.62 Å². The fraction of sp³-hybridized carbons (Fsp3) is 0.389. The molecule has 1 aliphatic heterocycles. The van der Waals surface area contributed by atoms with Crippen LogP contribution in [-0.2, 0) is 16.6 Å². The third kappa shape index (κ3) is 4.59. The lowest BCUT2D eigenvalue weighted by Crippen LogP contribution is -2.30. The summed E-state index contributed by atoms with van der Waals surface area (Å²) in [6, 6.07) is 8.84. The molecule has 1 fully saturated rings. The predicted molar refractivity (Wildman–Crippen MR) is 103 cm³/mol. The minimum Gasteiger partial charge on any atom is -0.357 e. The van der Waals surface area contributed by atoms with E-state index in [-0.39, 0.29) is 11.4 Å². The summed E-state index contributed by atoms with van der Waals surface area (Å²) in [5, 5.41) is 0. The summed E-state index contributed by atoms with van der Waals surface area (Å²) in [5.41, 5.74) is 1.80. The van der Waals surface area contributed by atoms with E-state index in [1.54, 1.807) is 24.4 Å². The summed E-state index contributed by atoms with van der Waals surface area (Å²) >= 11 is 3.39. The number of hydrogen-bond donors (Lipinski definition) is 1. The molecule has 1 aromatic carbocycles. The minimum atomic E-state index is -3.54. The Bertz CT molecular complexity index is 849. The molecule has 5 nitrogen and oxygen atoms in total. The Balaban J connectivity index is 1.71. The van der Waals surface area contributed by atoms with Gasteiger partial charge in [0, 0.05) is 30.3 Å². The van der Waals surface area contributed by atoms with Gasteiger partial charge in [-0.05, 0) is 67.6 Å². The van der Waals surface area contributed by atoms with Crippen LogP contribution in [0.2, 0.25) is 0 Å². The van der Waals surface area contributed by atoms with Gasteiger partial charge in [-0.25, -0.2) is 18.1 Å². The van der Waals surface area contributed by atoms with E-state index in [1.165, 1.54) is 19.3 Å². The van der Waals surface area contributed by atoms with Crippen molar-refractivity contribution in [3.8, 4) is 0 Å². The molecule has 0 atom stereocenters. The summed E-state index contributed by atoms with van der Waals surface area (Å²) in [7, 11) is -3.54. The number of sulfonamides is 1. The van der Waals surface area contributed by atoms with E-state index >= 15 is 0 Å². The van der Waals surface area contributed by atoms with Crippen LogP contribution >= 0.6 is 15.9 Å². The molecule has 1 aliphatic rings. The molecule has 3 rings (SSSR count). The highest BCUT2D eigenvalue weighted by Gasteiger charge is 2.16. The van der Waals surface area contributed by atoms with E-state index in [9.17, 15) is 8.42 Å². The lowest BCUT2D eigenvalue weighted by atomic mass is 10.1. The number of piperidine rings is 1. The number of anilines is 1. The number of halogens is 1. The monoisotopic (exact) mass is 423 g/mol. The molecule has 1 N–H and O–H groups in total. The Hall–Kier alpha value is -1.44. The fourth-order valence-corrected chi connectivity index (χ4v) is 4.26. The van der Waals surface area contributed by atoms with Crippen molar-refractivity contribution in [2.24, 2.45) is 0 Å². The van der Waals surface area contributed by atoms with Crippen LogP contribution in [-0.4, -0.2) is 26.5 Å². The average molecular weight is 424 g/mol. The van der Waals surface area contributed by atoms with Crippen molar-refractivity contribution in [2.75, 3.05) is 18.0 Å². The Kier molecular flexibility index (Phi) is 5.76. The molecule has 2 heterocycles. The van der Waals surface area contributed by atoms with E-state index in [0.717, 1.165) is 34.5 Å². The molecule has 0 saturated carbocycles. The maximum atomic E-state index is 12.5. The number of nitrogens with zero attached hydrogens (tertiary/aromatic N) is 2. The highest BCUT2D eigenvalue weighted by atomic mass is 79.9. The summed E-state index contributed by atoms with van der Waals surface area (Å²) in [4.78, 5) is 6.97. The molecular weight excluding hydrogens is 402 g/mol. The fourth-order valence-electron chi connectivity index (χ4n) is 2.91. The summed E-state index contributed by atoms with van der Waals surface area (Å²) in [6.45, 7) is 4.15. The molecule has 1 aromatic heterocycles. The maximum absolute atomic E-state index is 12.5. The van der Waals surface area contributed by atoms with Crippen molar-refractivity contribution in [2.45, 2.75) is 37.6 Å². The van der Waals surface area contributed by atoms with Gasteiger partial charge in [0.1, 0.15) is 5.82 Å². The van der Waals surface area contributed by atoms with E-state index < -0.39 is 10.0 Å². The van der Waals surface area contributed by atoms with E-state index in [1.807, 2.05) is 19.1 Å². The number of hydrogen-bond acceptors (Lipinski definition) is 4. The Labute approximate surface area is 157 Å². The van der Waals surface area contributed by atoms with Gasteiger partial charge in [0.15, 0.2) is 0 Å². The molecule has 0 radical (unpaired) electrons. The summed E-state index contributed by atoms with van der Waals surface area (Å²) < 4.78 is 28.6. The van der Waals surface area contributed by atoms with Crippen LogP contribution in [0.3, 0.4) is 0 Å². The molecule has 0 unspecified atom stereocenters. The van der Waals surface area contributed by atoms with E-state index in [0.29, 0.717) is 0 Å². The van der Waals surface area contributed by atoms with Crippen molar-refractivity contribution in [1.82, 2.24) is 9.71 Å². The van der Waals surface area contributed by atoms with Crippen molar-refractivity contribution in [3.63, 3.8) is 0 Å². The highest BCUT2D eigenvalue weighted by Crippen LogP contribution is 2.21. The second-order valence-electron chi connectivity index (χ2n) is 6.31. The van der Waals surface area contributed by atoms with Crippen molar-refractivity contribution < 1.29 is 8.42 Å². The van der Waals surface area contributed by atoms with Crippen LogP contribution in [0.4, 0.5) is 5.82 Å². The first-order valence-corrected chi connectivity index (χ1v) is 10.7. The molecular formula is C18H22BrN3O2S. The first-order chi connectivity index (χ1) is 12.0. The molecule has 0 amide bonds. The van der Waals surface area contributed by atoms with Crippen molar-refractivity contribution in [3.05, 3.63) is 52.1 Å². The van der Waals surface area contributed by atoms with Crippen LogP contribution in [0.1, 0.15) is 30.4 Å². The number of aryl methyl sites for hydroxylation is 1. The van der Waals surface area contributed by atoms with Crippen molar-refractivity contribution >= 4 is 31.8 Å². The number of aromatic nitrogens is 1. The highest BCUT2D eigenvalue weighted by molar-refractivity contribution is 9.10. The zero-order chi connectivity index (χ0) is 17.9. The van der Waals surface area contributed by atoms with Gasteiger partial charge in [0.2, 0.25) is 10.0 Å². The Morgan fingerprint density at radius 3 is 2.64 bits per heavy atom. The van der Waals surface area contributed by atoms with Gasteiger partial charge in [0.05, 0.1) is 4.90 Å². The Morgan fingerprint density at radius 1 is 1.16 bits per heavy atom. The third-order valence-electron chi connectivity index (χ3n) is 4.40. The predicted octanol–water partition coefficient (Wildman–Crippen LogP) is 3.62. The molecule has 2 aromatic rings. The van der Waals surface area contributed by atoms with Gasteiger partial charge in [-0.3, -0.25) is 0 Å². The quantitative estimate of drug-likeness (QED) is 0.797. The molecule has 7 heteroatoms. The molecule has 1 saturated heterocycles. The first kappa shape index (κ1) is 18.4. The van der Waals surface area contributed by atoms with E-state index in [2.05, 4.69) is 30.5 Å². The van der Waals surface area contributed by atoms with Gasteiger partial charge in [-0.2, -0.15) is 0 Å². The lowest BCUT2D eigenvalue weighted by molar-refractivity contribution is 0.572. The van der Waals surface area contributed by atoms with Gasteiger partial charge < -0.3 is 4.90 Å². The van der Waals surface area contributed by atoms with Crippen LogP contribution in [0.5, 0.6) is 0 Å². The smallest absolute Gasteiger partial charge is 0.240 e. The largest absolute Gasteiger partial charge is 0.357 e. The zero-order valence-corrected chi connectivity index (χ0v) is 16.6. The summed E-state index contributed by atoms with van der Waals surface area (Å²) in [5.74, 6) is 0.927. The van der Waals surface area contributed by atoms with Gasteiger partial charge in [-0.1, -0.05) is 15.9 Å². The molecule has 0 spiro atoms. The van der Waals surface area contributed by atoms with Gasteiger partial charge >= 0.3 is 0 Å². The number of pyridine rings is 1. The van der Waals surface area contributed by atoms with Crippen molar-refractivity contribution in [1.29, 1.82) is 0 Å². The number of benzene rings is 1. The second kappa shape index (κ2) is 7.85. The second-order valence-corrected chi connectivity index (χ2v) is 8.93. The number of nitrogens with one attached hydrogen (secondary N) is 1. The standard InChI is InChI=1S/C18H22BrN3O2S/c1-14-11-16(5-6-17(14)19)25(23,24)21-13-15-7-8-20-18(12-15)22-9-3-2-4-10-22/h5-8,11-12,21H,2-4,9-10,13H2,1H3. The van der Waals surface area contributed by atoms with Crippen LogP contribution in [0.15, 0.2) is 45.9 Å². The normalized spacial score (nSPS) is 15.4. The third-order valence-corrected chi connectivity index (χ3v) is 6.68. The summed E-state index contributed by atoms with van der Waals surface area (Å²) in [6.07, 6.45) is 5.38. The maximum Gasteiger partial charge on any atom is 0.240 e. The molecule has 0 bridgehead atoms. The molecule has 25 heavy (non-hydrogen) atoms. The van der Waals surface area contributed by atoms with Crippen LogP contribution in [0, 0.1) is 6.92 Å². The van der Waals surface area contributed by atoms with E-state index in [4.69, 9.17) is 0 Å². The topological polar surface area (TPSA) is 62.3 Å². The molecule has 134 valence electrons. The SMILES string of the molecule is Cc1cc(S(=O)(=O)NCc2ccnc(N3CCCCC3)c2)ccc1Br. The van der Waals surface area contributed by atoms with Gasteiger partial charge in [-0.15, -0.1) is 0 Å². The molecule has 0 aliphatic carbocycles. The first-order valence-electron chi connectivity index (χ1n) is 8.41. The minimum absolute atomic E-state index is 0.251.